The van der Waals surface area contributed by atoms with Gasteiger partial charge in [0, 0.05) is 29.2 Å². The lowest BCUT2D eigenvalue weighted by atomic mass is 10.1. The van der Waals surface area contributed by atoms with Crippen molar-refractivity contribution in [2.45, 2.75) is 0 Å². The molecule has 0 aliphatic heterocycles. The molecule has 23 heavy (non-hydrogen) atoms. The molecule has 0 spiro atoms. The van der Waals surface area contributed by atoms with Crippen LogP contribution in [0.15, 0.2) is 52.7 Å². The fourth-order valence-electron chi connectivity index (χ4n) is 1.88. The van der Waals surface area contributed by atoms with Crippen LogP contribution in [-0.4, -0.2) is 28.3 Å². The van der Waals surface area contributed by atoms with Gasteiger partial charge in [-0.25, -0.2) is 0 Å². The van der Waals surface area contributed by atoms with Crippen LogP contribution in [0, 0.1) is 0 Å². The second-order valence-electron chi connectivity index (χ2n) is 4.54. The van der Waals surface area contributed by atoms with Gasteiger partial charge in [0.05, 0.1) is 0 Å². The number of hydrogen-bond donors (Lipinski definition) is 4. The molecule has 0 fully saturated rings. The summed E-state index contributed by atoms with van der Waals surface area (Å²) in [5.74, 6) is -2.12. The molecule has 2 rings (SSSR count). The van der Waals surface area contributed by atoms with Crippen LogP contribution in [0.25, 0.3) is 5.69 Å². The first kappa shape index (κ1) is 15.8. The fraction of sp³-hybridized carbons (Fsp3) is 0. The number of aliphatic imine (C=N–C) groups is 2. The Balaban J connectivity index is 2.57. The van der Waals surface area contributed by atoms with Crippen molar-refractivity contribution in [1.82, 2.24) is 4.57 Å². The molecule has 1 aromatic heterocycles. The Bertz CT molecular complexity index is 750. The van der Waals surface area contributed by atoms with Crippen molar-refractivity contribution in [1.29, 1.82) is 0 Å². The molecule has 0 atom stereocenters. The lowest BCUT2D eigenvalue weighted by Gasteiger charge is -2.07. The van der Waals surface area contributed by atoms with Crippen molar-refractivity contribution in [3.8, 4) is 5.69 Å². The number of aromatic nitrogens is 1. The summed E-state index contributed by atoms with van der Waals surface area (Å²) in [6, 6.07) is 7.99. The minimum atomic E-state index is -0.683. The molecule has 2 amide bonds. The van der Waals surface area contributed by atoms with Gasteiger partial charge in [-0.2, -0.15) is 9.98 Å². The van der Waals surface area contributed by atoms with Gasteiger partial charge in [-0.15, -0.1) is 0 Å². The van der Waals surface area contributed by atoms with Crippen molar-refractivity contribution >= 4 is 23.7 Å². The molecule has 1 heterocycles. The van der Waals surface area contributed by atoms with Gasteiger partial charge in [-0.1, -0.05) is 0 Å². The van der Waals surface area contributed by atoms with E-state index in [2.05, 4.69) is 9.98 Å². The normalized spacial score (nSPS) is 9.91. The second-order valence-corrected chi connectivity index (χ2v) is 4.54. The third-order valence-electron chi connectivity index (χ3n) is 2.78. The highest BCUT2D eigenvalue weighted by Crippen LogP contribution is 2.17. The molecule has 8 N–H and O–H groups in total. The van der Waals surface area contributed by atoms with Gasteiger partial charge in [0.25, 0.3) is 11.8 Å². The Morgan fingerprint density at radius 1 is 0.783 bits per heavy atom. The van der Waals surface area contributed by atoms with Crippen LogP contribution in [0.3, 0.4) is 0 Å². The van der Waals surface area contributed by atoms with Crippen molar-refractivity contribution in [3.05, 3.63) is 53.9 Å². The van der Waals surface area contributed by atoms with Crippen molar-refractivity contribution in [2.24, 2.45) is 32.9 Å². The lowest BCUT2D eigenvalue weighted by molar-refractivity contribution is 0.100. The summed E-state index contributed by atoms with van der Waals surface area (Å²) in [7, 11) is 0. The summed E-state index contributed by atoms with van der Waals surface area (Å²) < 4.78 is 1.71. The van der Waals surface area contributed by atoms with E-state index in [1.54, 1.807) is 41.2 Å². The van der Waals surface area contributed by atoms with E-state index in [1.165, 1.54) is 6.07 Å². The molecule has 0 unspecified atom stereocenters. The molecule has 0 aliphatic rings. The fourth-order valence-corrected chi connectivity index (χ4v) is 1.88. The number of hydrogen-bond acceptors (Lipinski definition) is 2. The van der Waals surface area contributed by atoms with Crippen LogP contribution in [-0.2, 0) is 0 Å². The smallest absolute Gasteiger partial charge is 0.280 e. The van der Waals surface area contributed by atoms with E-state index >= 15 is 0 Å². The van der Waals surface area contributed by atoms with E-state index < -0.39 is 11.8 Å². The maximum Gasteiger partial charge on any atom is 0.280 e. The van der Waals surface area contributed by atoms with Crippen LogP contribution in [0.2, 0.25) is 0 Å². The molecule has 118 valence electrons. The largest absolute Gasteiger partial charge is 0.370 e. The Labute approximate surface area is 131 Å². The highest BCUT2D eigenvalue weighted by Gasteiger charge is 2.13. The zero-order chi connectivity index (χ0) is 17.0. The quantitative estimate of drug-likeness (QED) is 0.431. The highest BCUT2D eigenvalue weighted by atomic mass is 16.2. The van der Waals surface area contributed by atoms with Crippen LogP contribution in [0.5, 0.6) is 0 Å². The minimum absolute atomic E-state index is 0.124. The molecule has 0 radical (unpaired) electrons. The summed E-state index contributed by atoms with van der Waals surface area (Å²) in [5, 5.41) is 0. The van der Waals surface area contributed by atoms with E-state index in [1.807, 2.05) is 0 Å². The molecule has 9 nitrogen and oxygen atoms in total. The molecular weight excluding hydrogens is 298 g/mol. The van der Waals surface area contributed by atoms with E-state index in [0.29, 0.717) is 5.69 Å². The van der Waals surface area contributed by atoms with Gasteiger partial charge in [0.1, 0.15) is 0 Å². The number of amides is 2. The van der Waals surface area contributed by atoms with E-state index in [9.17, 15) is 9.59 Å². The molecule has 0 bridgehead atoms. The van der Waals surface area contributed by atoms with Crippen LogP contribution < -0.4 is 22.9 Å². The first-order valence-corrected chi connectivity index (χ1v) is 6.43. The van der Waals surface area contributed by atoms with Gasteiger partial charge >= 0.3 is 0 Å². The molecule has 1 aromatic carbocycles. The maximum absolute atomic E-state index is 12.0. The average molecular weight is 313 g/mol. The zero-order valence-corrected chi connectivity index (χ0v) is 12.0. The molecule has 9 heteroatoms. The first-order chi connectivity index (χ1) is 10.9. The standard InChI is InChI=1S/C14H15N7O2/c15-13(16)19-11(22)8-5-9(12(23)20-14(17)18)7-10(6-8)21-3-1-2-4-21/h1-7H,(H4,15,16,19,22)(H4,17,18,20,23). The third-order valence-corrected chi connectivity index (χ3v) is 2.78. The maximum atomic E-state index is 12.0. The number of nitrogens with zero attached hydrogens (tertiary/aromatic N) is 3. The zero-order valence-electron chi connectivity index (χ0n) is 12.0. The van der Waals surface area contributed by atoms with Crippen LogP contribution >= 0.6 is 0 Å². The predicted octanol–water partition coefficient (Wildman–Crippen LogP) is -0.695. The number of guanidine groups is 2. The SMILES string of the molecule is NC(N)=NC(=O)c1cc(C(=O)N=C(N)N)cc(-n2cccc2)c1. The minimum Gasteiger partial charge on any atom is -0.370 e. The summed E-state index contributed by atoms with van der Waals surface area (Å²) in [6.07, 6.45) is 3.50. The Kier molecular flexibility index (Phi) is 4.41. The van der Waals surface area contributed by atoms with Gasteiger partial charge in [0.15, 0.2) is 11.9 Å². The molecule has 0 saturated carbocycles. The monoisotopic (exact) mass is 313 g/mol. The Morgan fingerprint density at radius 2 is 1.22 bits per heavy atom. The number of carbonyl (C=O) groups is 2. The number of nitrogens with two attached hydrogens (primary N) is 4. The van der Waals surface area contributed by atoms with Crippen LogP contribution in [0.1, 0.15) is 20.7 Å². The van der Waals surface area contributed by atoms with Gasteiger partial charge in [0.2, 0.25) is 0 Å². The van der Waals surface area contributed by atoms with Gasteiger partial charge in [-0.3, -0.25) is 9.59 Å². The van der Waals surface area contributed by atoms with E-state index in [0.717, 1.165) is 0 Å². The van der Waals surface area contributed by atoms with Crippen molar-refractivity contribution in [2.75, 3.05) is 0 Å². The number of rotatable bonds is 3. The molecule has 2 aromatic rings. The molecule has 0 aliphatic carbocycles. The second kappa shape index (κ2) is 6.43. The molecular formula is C14H15N7O2. The van der Waals surface area contributed by atoms with Gasteiger partial charge in [-0.05, 0) is 30.3 Å². The van der Waals surface area contributed by atoms with Gasteiger partial charge < -0.3 is 27.5 Å². The van der Waals surface area contributed by atoms with E-state index in [-0.39, 0.29) is 23.0 Å². The number of benzene rings is 1. The lowest BCUT2D eigenvalue weighted by Crippen LogP contribution is -2.24. The topological polar surface area (TPSA) is 168 Å². The predicted molar refractivity (Wildman–Crippen MR) is 86.0 cm³/mol. The summed E-state index contributed by atoms with van der Waals surface area (Å²) >= 11 is 0. The van der Waals surface area contributed by atoms with Crippen molar-refractivity contribution < 1.29 is 9.59 Å². The Hall–Kier alpha value is -3.62. The third kappa shape index (κ3) is 3.94. The highest BCUT2D eigenvalue weighted by molar-refractivity contribution is 6.06. The summed E-state index contributed by atoms with van der Waals surface area (Å²) in [4.78, 5) is 31.0. The van der Waals surface area contributed by atoms with Crippen molar-refractivity contribution in [3.63, 3.8) is 0 Å². The number of carbonyl (C=O) groups excluding carboxylic acids is 2. The molecule has 0 saturated heterocycles. The van der Waals surface area contributed by atoms with Crippen LogP contribution in [0.4, 0.5) is 0 Å². The summed E-state index contributed by atoms with van der Waals surface area (Å²) in [5.41, 5.74) is 21.6. The summed E-state index contributed by atoms with van der Waals surface area (Å²) in [6.45, 7) is 0. The first-order valence-electron chi connectivity index (χ1n) is 6.43. The van der Waals surface area contributed by atoms with E-state index in [4.69, 9.17) is 22.9 Å². The Morgan fingerprint density at radius 3 is 1.61 bits per heavy atom. The average Bonchev–Trinajstić information content (AvgIpc) is 2.99.